The number of para-hydroxylation sites is 1. The monoisotopic (exact) mass is 232 g/mol. The number of aromatic nitrogens is 2. The number of benzene rings is 1. The second-order valence-corrected chi connectivity index (χ2v) is 3.38. The van der Waals surface area contributed by atoms with Crippen molar-refractivity contribution in [1.82, 2.24) is 9.55 Å². The van der Waals surface area contributed by atoms with Gasteiger partial charge in [-0.2, -0.15) is 0 Å². The lowest BCUT2D eigenvalue weighted by Crippen LogP contribution is -2.33. The highest BCUT2D eigenvalue weighted by molar-refractivity contribution is 5.31. The molecule has 1 aromatic heterocycles. The van der Waals surface area contributed by atoms with Crippen LogP contribution in [0.3, 0.4) is 0 Å². The molecule has 0 aliphatic carbocycles. The van der Waals surface area contributed by atoms with Gasteiger partial charge in [-0.05, 0) is 19.1 Å². The minimum Gasteiger partial charge on any atom is -0.479 e. The third-order valence-corrected chi connectivity index (χ3v) is 2.22. The number of aromatic amines is 1. The number of nitrogens with zero attached hydrogens (tertiary/aromatic N) is 1. The predicted molar refractivity (Wildman–Crippen MR) is 63.8 cm³/mol. The summed E-state index contributed by atoms with van der Waals surface area (Å²) in [7, 11) is 0. The molecule has 17 heavy (non-hydrogen) atoms. The highest BCUT2D eigenvalue weighted by Crippen LogP contribution is 2.02. The van der Waals surface area contributed by atoms with E-state index in [4.69, 9.17) is 4.74 Å². The van der Waals surface area contributed by atoms with Crippen molar-refractivity contribution in [3.63, 3.8) is 0 Å². The Bertz CT molecular complexity index is 582. The van der Waals surface area contributed by atoms with Crippen molar-refractivity contribution in [1.29, 1.82) is 0 Å². The molecular formula is C12H12N2O3. The van der Waals surface area contributed by atoms with Gasteiger partial charge in [0.1, 0.15) is 0 Å². The summed E-state index contributed by atoms with van der Waals surface area (Å²) in [6.07, 6.45) is 0. The molecule has 0 saturated heterocycles. The standard InChI is InChI=1S/C12H12N2O3/c1-2-17-10-8-11(15)14(12(16)13-10)9-6-4-3-5-7-9/h3-8H,2H2,1H3,(H,13,16). The first-order valence-corrected chi connectivity index (χ1v) is 5.27. The molecule has 0 spiro atoms. The molecule has 1 N–H and O–H groups in total. The van der Waals surface area contributed by atoms with Gasteiger partial charge in [-0.15, -0.1) is 0 Å². The molecule has 5 heteroatoms. The van der Waals surface area contributed by atoms with E-state index in [0.717, 1.165) is 4.57 Å². The Balaban J connectivity index is 2.58. The molecular weight excluding hydrogens is 220 g/mol. The molecule has 0 atom stereocenters. The topological polar surface area (TPSA) is 64.1 Å². The van der Waals surface area contributed by atoms with Gasteiger partial charge in [0.15, 0.2) is 5.88 Å². The molecule has 1 heterocycles. The van der Waals surface area contributed by atoms with Crippen LogP contribution in [-0.4, -0.2) is 16.2 Å². The van der Waals surface area contributed by atoms with E-state index in [2.05, 4.69) is 4.98 Å². The number of H-pyrrole nitrogens is 1. The van der Waals surface area contributed by atoms with Gasteiger partial charge in [-0.1, -0.05) is 18.2 Å². The summed E-state index contributed by atoms with van der Waals surface area (Å²) in [6, 6.07) is 9.98. The largest absolute Gasteiger partial charge is 0.479 e. The maximum atomic E-state index is 11.8. The number of hydrogen-bond donors (Lipinski definition) is 1. The molecule has 2 rings (SSSR count). The van der Waals surface area contributed by atoms with Gasteiger partial charge < -0.3 is 4.74 Å². The molecule has 0 radical (unpaired) electrons. The second-order valence-electron chi connectivity index (χ2n) is 3.38. The maximum Gasteiger partial charge on any atom is 0.335 e. The zero-order chi connectivity index (χ0) is 12.3. The normalized spacial score (nSPS) is 10.2. The first kappa shape index (κ1) is 11.2. The average molecular weight is 232 g/mol. The van der Waals surface area contributed by atoms with Crippen molar-refractivity contribution in [2.75, 3.05) is 6.61 Å². The van der Waals surface area contributed by atoms with Gasteiger partial charge in [0.05, 0.1) is 18.4 Å². The fraction of sp³-hybridized carbons (Fsp3) is 0.167. The van der Waals surface area contributed by atoms with Crippen LogP contribution in [0.15, 0.2) is 46.0 Å². The van der Waals surface area contributed by atoms with Crippen LogP contribution in [0.25, 0.3) is 5.69 Å². The molecule has 0 aliphatic rings. The van der Waals surface area contributed by atoms with Crippen LogP contribution in [0.4, 0.5) is 0 Å². The van der Waals surface area contributed by atoms with Gasteiger partial charge >= 0.3 is 5.69 Å². The van der Waals surface area contributed by atoms with Crippen LogP contribution in [0, 0.1) is 0 Å². The average Bonchev–Trinajstić information content (AvgIpc) is 2.30. The highest BCUT2D eigenvalue weighted by atomic mass is 16.5. The van der Waals surface area contributed by atoms with Gasteiger partial charge in [-0.3, -0.25) is 9.78 Å². The predicted octanol–water partition coefficient (Wildman–Crippen LogP) is 0.924. The molecule has 0 bridgehead atoms. The van der Waals surface area contributed by atoms with Crippen molar-refractivity contribution in [3.05, 3.63) is 57.2 Å². The SMILES string of the molecule is CCOc1cc(=O)n(-c2ccccc2)c(=O)[nH]1. The van der Waals surface area contributed by atoms with Crippen molar-refractivity contribution >= 4 is 0 Å². The lowest BCUT2D eigenvalue weighted by Gasteiger charge is -2.06. The Morgan fingerprint density at radius 2 is 1.94 bits per heavy atom. The van der Waals surface area contributed by atoms with E-state index in [0.29, 0.717) is 12.3 Å². The Kier molecular flexibility index (Phi) is 3.09. The first-order chi connectivity index (χ1) is 8.22. The van der Waals surface area contributed by atoms with Crippen molar-refractivity contribution in [3.8, 4) is 11.6 Å². The summed E-state index contributed by atoms with van der Waals surface area (Å²) < 4.78 is 6.15. The van der Waals surface area contributed by atoms with Gasteiger partial charge in [0, 0.05) is 0 Å². The number of nitrogens with one attached hydrogen (secondary N) is 1. The Morgan fingerprint density at radius 3 is 2.53 bits per heavy atom. The molecule has 0 unspecified atom stereocenters. The fourth-order valence-electron chi connectivity index (χ4n) is 1.53. The molecule has 88 valence electrons. The zero-order valence-electron chi connectivity index (χ0n) is 9.34. The number of hydrogen-bond acceptors (Lipinski definition) is 3. The quantitative estimate of drug-likeness (QED) is 0.856. The third-order valence-electron chi connectivity index (χ3n) is 2.22. The van der Waals surface area contributed by atoms with Crippen LogP contribution in [0.2, 0.25) is 0 Å². The van der Waals surface area contributed by atoms with E-state index in [1.165, 1.54) is 6.07 Å². The summed E-state index contributed by atoms with van der Waals surface area (Å²) in [6.45, 7) is 2.17. The lowest BCUT2D eigenvalue weighted by atomic mass is 10.3. The minimum absolute atomic E-state index is 0.190. The summed E-state index contributed by atoms with van der Waals surface area (Å²) in [4.78, 5) is 26.1. The molecule has 0 aliphatic heterocycles. The third kappa shape index (κ3) is 2.28. The summed E-state index contributed by atoms with van der Waals surface area (Å²) >= 11 is 0. The Labute approximate surface area is 97.3 Å². The van der Waals surface area contributed by atoms with Crippen molar-refractivity contribution in [2.45, 2.75) is 6.92 Å². The summed E-state index contributed by atoms with van der Waals surface area (Å²) in [5, 5.41) is 0. The van der Waals surface area contributed by atoms with E-state index in [1.807, 2.05) is 6.07 Å². The van der Waals surface area contributed by atoms with Crippen LogP contribution in [0.5, 0.6) is 5.88 Å². The van der Waals surface area contributed by atoms with Crippen LogP contribution in [-0.2, 0) is 0 Å². The Morgan fingerprint density at radius 1 is 1.24 bits per heavy atom. The molecule has 0 fully saturated rings. The van der Waals surface area contributed by atoms with E-state index < -0.39 is 11.2 Å². The number of rotatable bonds is 3. The second kappa shape index (κ2) is 4.69. The van der Waals surface area contributed by atoms with Crippen molar-refractivity contribution in [2.24, 2.45) is 0 Å². The zero-order valence-corrected chi connectivity index (χ0v) is 9.34. The summed E-state index contributed by atoms with van der Waals surface area (Å²) in [5.74, 6) is 0.190. The molecule has 0 saturated carbocycles. The van der Waals surface area contributed by atoms with Crippen molar-refractivity contribution < 1.29 is 4.74 Å². The van der Waals surface area contributed by atoms with E-state index >= 15 is 0 Å². The van der Waals surface area contributed by atoms with Crippen LogP contribution < -0.4 is 16.0 Å². The van der Waals surface area contributed by atoms with E-state index in [1.54, 1.807) is 31.2 Å². The highest BCUT2D eigenvalue weighted by Gasteiger charge is 2.06. The van der Waals surface area contributed by atoms with E-state index in [-0.39, 0.29) is 5.88 Å². The maximum absolute atomic E-state index is 11.8. The smallest absolute Gasteiger partial charge is 0.335 e. The van der Waals surface area contributed by atoms with Crippen LogP contribution in [0.1, 0.15) is 6.92 Å². The lowest BCUT2D eigenvalue weighted by molar-refractivity contribution is 0.323. The van der Waals surface area contributed by atoms with E-state index in [9.17, 15) is 9.59 Å². The van der Waals surface area contributed by atoms with Crippen LogP contribution >= 0.6 is 0 Å². The Hall–Kier alpha value is -2.30. The van der Waals surface area contributed by atoms with Gasteiger partial charge in [0.2, 0.25) is 0 Å². The molecule has 2 aromatic rings. The fourth-order valence-corrected chi connectivity index (χ4v) is 1.53. The number of ether oxygens (including phenoxy) is 1. The van der Waals surface area contributed by atoms with Gasteiger partial charge in [0.25, 0.3) is 5.56 Å². The molecule has 0 amide bonds. The summed E-state index contributed by atoms with van der Waals surface area (Å²) in [5.41, 5.74) is -0.391. The van der Waals surface area contributed by atoms with Gasteiger partial charge in [-0.25, -0.2) is 9.36 Å². The minimum atomic E-state index is -0.507. The molecule has 5 nitrogen and oxygen atoms in total. The first-order valence-electron chi connectivity index (χ1n) is 5.27. The molecule has 1 aromatic carbocycles.